The number of unbranched alkanes of at least 4 members (excludes halogenated alkanes) is 6. The molecule has 0 aliphatic heterocycles. The predicted octanol–water partition coefficient (Wildman–Crippen LogP) is 17.1. The molecular formula is C59H90O5. The number of hydrogen-bond donors (Lipinski definition) is 0. The van der Waals surface area contributed by atoms with E-state index in [2.05, 4.69) is 179 Å². The highest BCUT2D eigenvalue weighted by Gasteiger charge is 2.17. The molecule has 5 heteroatoms. The van der Waals surface area contributed by atoms with E-state index in [1.165, 1.54) is 0 Å². The zero-order valence-corrected chi connectivity index (χ0v) is 40.7. The molecule has 0 N–H and O–H groups in total. The summed E-state index contributed by atoms with van der Waals surface area (Å²) >= 11 is 0. The van der Waals surface area contributed by atoms with Crippen molar-refractivity contribution in [3.63, 3.8) is 0 Å². The van der Waals surface area contributed by atoms with Crippen molar-refractivity contribution in [3.8, 4) is 0 Å². The molecule has 0 aliphatic rings. The quantitative estimate of drug-likeness (QED) is 0.0347. The summed E-state index contributed by atoms with van der Waals surface area (Å²) < 4.78 is 17.2. The van der Waals surface area contributed by atoms with Crippen LogP contribution in [0.4, 0.5) is 0 Å². The number of allylic oxidation sites excluding steroid dienone is 26. The molecule has 0 amide bonds. The molecule has 0 saturated carbocycles. The molecular weight excluding hydrogens is 789 g/mol. The van der Waals surface area contributed by atoms with Gasteiger partial charge in [0.2, 0.25) is 0 Å². The zero-order chi connectivity index (χ0) is 46.3. The lowest BCUT2D eigenvalue weighted by molar-refractivity contribution is -0.163. The Bertz CT molecular complexity index is 1460. The van der Waals surface area contributed by atoms with Crippen molar-refractivity contribution < 1.29 is 23.8 Å². The maximum absolute atomic E-state index is 12.8. The van der Waals surface area contributed by atoms with E-state index in [9.17, 15) is 9.59 Å². The minimum Gasteiger partial charge on any atom is -0.462 e. The number of carbonyl (C=O) groups excluding carboxylic acids is 2. The van der Waals surface area contributed by atoms with Crippen LogP contribution in [-0.4, -0.2) is 37.9 Å². The number of ether oxygens (including phenoxy) is 3. The molecule has 0 aromatic carbocycles. The molecule has 0 saturated heterocycles. The molecule has 1 unspecified atom stereocenters. The minimum absolute atomic E-state index is 0.0166. The van der Waals surface area contributed by atoms with E-state index >= 15 is 0 Å². The van der Waals surface area contributed by atoms with Crippen molar-refractivity contribution in [1.29, 1.82) is 0 Å². The standard InChI is InChI=1S/C59H90O5/c1-4-7-10-13-16-19-22-25-27-28-29-30-31-33-36-39-42-45-48-51-54-62-55-57(64-59(61)53-50-47-44-41-38-34-24-21-18-15-12-9-6-3)56-63-58(60)52-49-46-43-40-37-35-32-26-23-20-17-14-11-8-5-2/h7-12,16-21,25-27,29-30,32-34,36-38,40,42,45,57H,4-6,13-15,22-24,28,31,35,39,41,43-44,46-56H2,1-3H3/b10-7-,11-8-,12-9-,19-16-,20-17-,21-18-,27-25-,30-29-,32-26-,36-33-,38-34-,40-37-,45-42-. The maximum atomic E-state index is 12.8. The van der Waals surface area contributed by atoms with Crippen LogP contribution in [0.25, 0.3) is 0 Å². The number of carbonyl (C=O) groups is 2. The summed E-state index contributed by atoms with van der Waals surface area (Å²) in [5.41, 5.74) is 0. The van der Waals surface area contributed by atoms with E-state index in [1.807, 2.05) is 0 Å². The monoisotopic (exact) mass is 879 g/mol. The summed E-state index contributed by atoms with van der Waals surface area (Å²) in [5.74, 6) is -0.529. The van der Waals surface area contributed by atoms with Gasteiger partial charge in [0.25, 0.3) is 0 Å². The van der Waals surface area contributed by atoms with Gasteiger partial charge in [-0.1, -0.05) is 185 Å². The van der Waals surface area contributed by atoms with Gasteiger partial charge in [-0.05, 0) is 135 Å². The molecule has 1 atom stereocenters. The molecule has 5 nitrogen and oxygen atoms in total. The predicted molar refractivity (Wildman–Crippen MR) is 278 cm³/mol. The average Bonchev–Trinajstić information content (AvgIpc) is 3.30. The van der Waals surface area contributed by atoms with Crippen LogP contribution in [0.2, 0.25) is 0 Å². The number of hydrogen-bond acceptors (Lipinski definition) is 5. The molecule has 356 valence electrons. The lowest BCUT2D eigenvalue weighted by Crippen LogP contribution is -2.30. The van der Waals surface area contributed by atoms with Crippen molar-refractivity contribution in [2.24, 2.45) is 0 Å². The third kappa shape index (κ3) is 50.2. The Hall–Kier alpha value is -4.48. The summed E-state index contributed by atoms with van der Waals surface area (Å²) in [6.45, 7) is 7.22. The second-order valence-electron chi connectivity index (χ2n) is 15.6. The second-order valence-corrected chi connectivity index (χ2v) is 15.6. The summed E-state index contributed by atoms with van der Waals surface area (Å²) in [4.78, 5) is 25.3. The Labute approximate surface area is 393 Å². The molecule has 0 rings (SSSR count). The van der Waals surface area contributed by atoms with Crippen LogP contribution in [0.15, 0.2) is 158 Å². The Morgan fingerprint density at radius 1 is 0.344 bits per heavy atom. The normalized spacial score (nSPS) is 13.6. The van der Waals surface area contributed by atoms with Crippen LogP contribution >= 0.6 is 0 Å². The second kappa shape index (κ2) is 52.9. The smallest absolute Gasteiger partial charge is 0.306 e. The zero-order valence-electron chi connectivity index (χ0n) is 40.7. The van der Waals surface area contributed by atoms with Crippen LogP contribution in [0, 0.1) is 0 Å². The van der Waals surface area contributed by atoms with Crippen LogP contribution in [0.5, 0.6) is 0 Å². The topological polar surface area (TPSA) is 61.8 Å². The number of esters is 2. The molecule has 0 spiro atoms. The minimum atomic E-state index is -0.611. The molecule has 64 heavy (non-hydrogen) atoms. The van der Waals surface area contributed by atoms with E-state index in [4.69, 9.17) is 14.2 Å². The first-order valence-electron chi connectivity index (χ1n) is 25.0. The third-order valence-corrected chi connectivity index (χ3v) is 9.54. The molecule has 0 fully saturated rings. The lowest BCUT2D eigenvalue weighted by Gasteiger charge is -2.18. The lowest BCUT2D eigenvalue weighted by atomic mass is 10.1. The highest BCUT2D eigenvalue weighted by Crippen LogP contribution is 2.10. The van der Waals surface area contributed by atoms with Crippen molar-refractivity contribution in [3.05, 3.63) is 158 Å². The van der Waals surface area contributed by atoms with Gasteiger partial charge in [-0.25, -0.2) is 0 Å². The highest BCUT2D eigenvalue weighted by molar-refractivity contribution is 5.70. The number of rotatable bonds is 43. The first kappa shape index (κ1) is 59.5. The maximum Gasteiger partial charge on any atom is 0.306 e. The van der Waals surface area contributed by atoms with Crippen molar-refractivity contribution in [2.75, 3.05) is 19.8 Å². The Balaban J connectivity index is 4.52. The fourth-order valence-electron chi connectivity index (χ4n) is 5.94. The molecule has 0 radical (unpaired) electrons. The van der Waals surface area contributed by atoms with Crippen molar-refractivity contribution in [2.45, 2.75) is 181 Å². The molecule has 0 aromatic rings. The average molecular weight is 879 g/mol. The van der Waals surface area contributed by atoms with Gasteiger partial charge in [0.15, 0.2) is 6.10 Å². The van der Waals surface area contributed by atoms with Gasteiger partial charge in [0, 0.05) is 19.4 Å². The first-order chi connectivity index (χ1) is 31.6. The van der Waals surface area contributed by atoms with Gasteiger partial charge in [-0.15, -0.1) is 0 Å². The fraction of sp³-hybridized carbons (Fsp3) is 0.525. The molecule has 0 aromatic heterocycles. The third-order valence-electron chi connectivity index (χ3n) is 9.54. The fourth-order valence-corrected chi connectivity index (χ4v) is 5.94. The van der Waals surface area contributed by atoms with Gasteiger partial charge in [0.05, 0.1) is 6.61 Å². The van der Waals surface area contributed by atoms with E-state index in [1.54, 1.807) is 0 Å². The Morgan fingerprint density at radius 3 is 1.05 bits per heavy atom. The summed E-state index contributed by atoms with van der Waals surface area (Å²) in [5, 5.41) is 0. The van der Waals surface area contributed by atoms with E-state index in [0.717, 1.165) is 141 Å². The van der Waals surface area contributed by atoms with Gasteiger partial charge >= 0.3 is 11.9 Å². The molecule has 0 bridgehead atoms. The Morgan fingerprint density at radius 2 is 0.656 bits per heavy atom. The van der Waals surface area contributed by atoms with Crippen molar-refractivity contribution in [1.82, 2.24) is 0 Å². The van der Waals surface area contributed by atoms with E-state index in [-0.39, 0.29) is 25.2 Å². The SMILES string of the molecule is CC/C=C\C/C=C\C/C=C\C/C=C\C/C=C\C/C=C\CCCOCC(COC(=O)CCCC/C=C\C/C=C\C/C=C\C/C=C\CC)OC(=O)CCCCC/C=C\C/C=C\C/C=C\CC. The first-order valence-corrected chi connectivity index (χ1v) is 25.0. The van der Waals surface area contributed by atoms with Gasteiger partial charge in [0.1, 0.15) is 6.61 Å². The summed E-state index contributed by atoms with van der Waals surface area (Å²) in [7, 11) is 0. The van der Waals surface area contributed by atoms with E-state index < -0.39 is 6.10 Å². The Kier molecular flexibility index (Phi) is 49.2. The van der Waals surface area contributed by atoms with Crippen LogP contribution in [0.1, 0.15) is 175 Å². The van der Waals surface area contributed by atoms with Gasteiger partial charge in [-0.2, -0.15) is 0 Å². The van der Waals surface area contributed by atoms with Gasteiger partial charge in [-0.3, -0.25) is 9.59 Å². The van der Waals surface area contributed by atoms with Gasteiger partial charge < -0.3 is 14.2 Å². The van der Waals surface area contributed by atoms with Crippen LogP contribution in [-0.2, 0) is 23.8 Å². The molecule has 0 aliphatic carbocycles. The molecule has 0 heterocycles. The largest absolute Gasteiger partial charge is 0.462 e. The van der Waals surface area contributed by atoms with Crippen LogP contribution in [0.3, 0.4) is 0 Å². The van der Waals surface area contributed by atoms with Crippen molar-refractivity contribution >= 4 is 11.9 Å². The van der Waals surface area contributed by atoms with Crippen LogP contribution < -0.4 is 0 Å². The summed E-state index contributed by atoms with van der Waals surface area (Å²) in [6.07, 6.45) is 78.4. The van der Waals surface area contributed by atoms with E-state index in [0.29, 0.717) is 19.4 Å². The highest BCUT2D eigenvalue weighted by atomic mass is 16.6. The summed E-state index contributed by atoms with van der Waals surface area (Å²) in [6, 6.07) is 0.